The molecule has 10 rings (SSSR count). The Morgan fingerprint density at radius 2 is 1.03 bits per heavy atom. The minimum absolute atomic E-state index is 0.0990. The van der Waals surface area contributed by atoms with Crippen LogP contribution >= 0.6 is 11.6 Å². The molecule has 20 heteroatoms. The molecular formula is C40H26BClF8N8O2. The van der Waals surface area contributed by atoms with Crippen LogP contribution in [0.2, 0.25) is 5.15 Å². The first-order chi connectivity index (χ1) is 28.7. The molecule has 0 spiro atoms. The van der Waals surface area contributed by atoms with Gasteiger partial charge in [0.25, 0.3) is 0 Å². The van der Waals surface area contributed by atoms with Gasteiger partial charge in [0.15, 0.2) is 28.4 Å². The molecule has 4 aromatic heterocycles. The first-order valence-corrected chi connectivity index (χ1v) is 18.5. The number of hydrogen-bond donors (Lipinski definition) is 2. The zero-order valence-corrected chi connectivity index (χ0v) is 31.3. The molecule has 0 atom stereocenters. The van der Waals surface area contributed by atoms with Crippen LogP contribution in [0.5, 0.6) is 0 Å². The van der Waals surface area contributed by atoms with Crippen molar-refractivity contribution >= 4 is 46.2 Å². The molecule has 2 aliphatic carbocycles. The van der Waals surface area contributed by atoms with Crippen molar-refractivity contribution < 1.29 is 45.2 Å². The van der Waals surface area contributed by atoms with Gasteiger partial charge in [-0.05, 0) is 56.0 Å². The molecule has 4 aromatic carbocycles. The topological polar surface area (TPSA) is 128 Å². The van der Waals surface area contributed by atoms with Crippen LogP contribution in [0.15, 0.2) is 85.2 Å². The SMILES string of the molecule is Fc1cc2nc(-c3cnnc(Cl)c3)n(C3CC3)c2cc1F.Fc1ccc(-c2cc(-c3nc4cc(F)c(F)cc4n3C3CC3)cnn2)c(F)c1.OB(O)c1ccc(F)cc1F. The highest BCUT2D eigenvalue weighted by Gasteiger charge is 2.31. The lowest BCUT2D eigenvalue weighted by atomic mass is 9.80. The van der Waals surface area contributed by atoms with Crippen LogP contribution in [0.4, 0.5) is 35.1 Å². The van der Waals surface area contributed by atoms with E-state index in [1.807, 2.05) is 9.13 Å². The van der Waals surface area contributed by atoms with Crippen LogP contribution in [-0.2, 0) is 0 Å². The van der Waals surface area contributed by atoms with E-state index in [2.05, 4.69) is 30.4 Å². The van der Waals surface area contributed by atoms with E-state index in [4.69, 9.17) is 21.6 Å². The highest BCUT2D eigenvalue weighted by molar-refractivity contribution is 6.58. The minimum Gasteiger partial charge on any atom is -0.423 e. The molecule has 2 saturated carbocycles. The van der Waals surface area contributed by atoms with Gasteiger partial charge in [-0.1, -0.05) is 17.7 Å². The summed E-state index contributed by atoms with van der Waals surface area (Å²) in [6, 6.07) is 13.8. The van der Waals surface area contributed by atoms with Crippen LogP contribution in [0.1, 0.15) is 37.8 Å². The van der Waals surface area contributed by atoms with Gasteiger partial charge in [0, 0.05) is 70.6 Å². The standard InChI is InChI=1S/C20H12F4N4.C14H9ClF2N4.C6H5BF2O2/c21-11-1-4-13(14(22)6-11)17-5-10(9-25-27-17)20-26-18-7-15(23)16(24)8-19(18)28(20)12-2-3-12;15-13-3-7(6-18-20-13)14-19-11-4-9(16)10(17)5-12(11)21(14)8-1-2-8;8-4-1-2-5(7(10)11)6(9)3-4/h1,4-9,12H,2-3H2;3-6,8H,1-2H2;1-3,10-11H. The average Bonchev–Trinajstić information content (AvgIpc) is 4.15. The van der Waals surface area contributed by atoms with E-state index in [-0.39, 0.29) is 34.0 Å². The maximum Gasteiger partial charge on any atom is 0.491 e. The molecule has 60 heavy (non-hydrogen) atoms. The van der Waals surface area contributed by atoms with Crippen molar-refractivity contribution in [2.75, 3.05) is 0 Å². The lowest BCUT2D eigenvalue weighted by Crippen LogP contribution is -2.32. The average molecular weight is 849 g/mol. The van der Waals surface area contributed by atoms with Crippen molar-refractivity contribution in [1.82, 2.24) is 39.5 Å². The summed E-state index contributed by atoms with van der Waals surface area (Å²) in [5.41, 5.74) is 3.00. The number of rotatable bonds is 6. The lowest BCUT2D eigenvalue weighted by molar-refractivity contribution is 0.422. The second kappa shape index (κ2) is 16.4. The third-order valence-electron chi connectivity index (χ3n) is 9.53. The first kappa shape index (κ1) is 40.5. The summed E-state index contributed by atoms with van der Waals surface area (Å²) >= 11 is 5.86. The highest BCUT2D eigenvalue weighted by atomic mass is 35.5. The van der Waals surface area contributed by atoms with Crippen LogP contribution < -0.4 is 5.46 Å². The van der Waals surface area contributed by atoms with Crippen molar-refractivity contribution in [3.63, 3.8) is 0 Å². The molecule has 0 amide bonds. The number of hydrogen-bond acceptors (Lipinski definition) is 8. The lowest BCUT2D eigenvalue weighted by Gasteiger charge is -2.09. The van der Waals surface area contributed by atoms with Crippen LogP contribution in [-0.4, -0.2) is 56.7 Å². The van der Waals surface area contributed by atoms with Gasteiger partial charge < -0.3 is 19.2 Å². The third-order valence-corrected chi connectivity index (χ3v) is 9.72. The van der Waals surface area contributed by atoms with Crippen LogP contribution in [0.25, 0.3) is 56.1 Å². The van der Waals surface area contributed by atoms with Crippen molar-refractivity contribution in [1.29, 1.82) is 0 Å². The van der Waals surface area contributed by atoms with E-state index in [0.717, 1.165) is 68.1 Å². The summed E-state index contributed by atoms with van der Waals surface area (Å²) < 4.78 is 110. The maximum absolute atomic E-state index is 14.1. The van der Waals surface area contributed by atoms with Crippen molar-refractivity contribution in [3.8, 4) is 34.0 Å². The van der Waals surface area contributed by atoms with Gasteiger partial charge >= 0.3 is 7.12 Å². The summed E-state index contributed by atoms with van der Waals surface area (Å²) in [6.45, 7) is 0. The van der Waals surface area contributed by atoms with Gasteiger partial charge in [-0.3, -0.25) is 0 Å². The first-order valence-electron chi connectivity index (χ1n) is 18.1. The third kappa shape index (κ3) is 8.41. The number of benzene rings is 4. The van der Waals surface area contributed by atoms with Crippen molar-refractivity contribution in [2.24, 2.45) is 0 Å². The zero-order chi connectivity index (χ0) is 42.4. The summed E-state index contributed by atoms with van der Waals surface area (Å²) in [6.07, 6.45) is 6.77. The molecule has 10 nitrogen and oxygen atoms in total. The number of fused-ring (bicyclic) bond motifs is 2. The Kier molecular flexibility index (Phi) is 11.1. The monoisotopic (exact) mass is 848 g/mol. The van der Waals surface area contributed by atoms with Gasteiger partial charge in [0.2, 0.25) is 0 Å². The number of aromatic nitrogens is 8. The quantitative estimate of drug-likeness (QED) is 0.126. The minimum atomic E-state index is -1.89. The van der Waals surface area contributed by atoms with Crippen LogP contribution in [0, 0.1) is 46.5 Å². The Balaban J connectivity index is 0.000000137. The maximum atomic E-state index is 14.1. The van der Waals surface area contributed by atoms with E-state index in [0.29, 0.717) is 50.9 Å². The molecule has 0 radical (unpaired) electrons. The Labute approximate surface area is 338 Å². The Morgan fingerprint density at radius 3 is 1.52 bits per heavy atom. The molecule has 304 valence electrons. The molecule has 2 aliphatic rings. The van der Waals surface area contributed by atoms with Gasteiger partial charge in [-0.15, -0.1) is 5.10 Å². The van der Waals surface area contributed by atoms with Crippen LogP contribution in [0.3, 0.4) is 0 Å². The highest BCUT2D eigenvalue weighted by Crippen LogP contribution is 2.43. The van der Waals surface area contributed by atoms with Crippen molar-refractivity contribution in [3.05, 3.63) is 137 Å². The number of nitrogens with zero attached hydrogens (tertiary/aromatic N) is 8. The Morgan fingerprint density at radius 1 is 0.550 bits per heavy atom. The van der Waals surface area contributed by atoms with E-state index in [1.54, 1.807) is 18.3 Å². The second-order valence-electron chi connectivity index (χ2n) is 13.8. The zero-order valence-electron chi connectivity index (χ0n) is 30.5. The molecule has 4 heterocycles. The van der Waals surface area contributed by atoms with E-state index in [9.17, 15) is 35.1 Å². The molecule has 0 saturated heterocycles. The molecule has 0 bridgehead atoms. The Bertz CT molecular complexity index is 2930. The second-order valence-corrected chi connectivity index (χ2v) is 14.2. The molecule has 0 unspecified atom stereocenters. The predicted octanol–water partition coefficient (Wildman–Crippen LogP) is 8.46. The van der Waals surface area contributed by atoms with Gasteiger partial charge in [0.05, 0.1) is 40.2 Å². The van der Waals surface area contributed by atoms with Gasteiger partial charge in [-0.2, -0.15) is 15.3 Å². The fourth-order valence-corrected chi connectivity index (χ4v) is 6.65. The smallest absolute Gasteiger partial charge is 0.423 e. The van der Waals surface area contributed by atoms with Gasteiger partial charge in [0.1, 0.15) is 34.9 Å². The molecule has 2 N–H and O–H groups in total. The molecule has 8 aromatic rings. The number of halogens is 9. The summed E-state index contributed by atoms with van der Waals surface area (Å²) in [4.78, 5) is 8.87. The van der Waals surface area contributed by atoms with Crippen molar-refractivity contribution in [2.45, 2.75) is 37.8 Å². The largest absolute Gasteiger partial charge is 0.491 e. The fraction of sp³-hybridized carbons (Fsp3) is 0.150. The normalized spacial score (nSPS) is 13.5. The fourth-order valence-electron chi connectivity index (χ4n) is 6.48. The molecule has 0 aliphatic heterocycles. The summed E-state index contributed by atoms with van der Waals surface area (Å²) in [5, 5.41) is 32.6. The molecular weight excluding hydrogens is 823 g/mol. The number of imidazole rings is 2. The summed E-state index contributed by atoms with van der Waals surface area (Å²) in [5.74, 6) is -5.76. The summed E-state index contributed by atoms with van der Waals surface area (Å²) in [7, 11) is -1.89. The van der Waals surface area contributed by atoms with E-state index >= 15 is 0 Å². The Hall–Kier alpha value is -6.31. The van der Waals surface area contributed by atoms with E-state index in [1.165, 1.54) is 18.3 Å². The predicted molar refractivity (Wildman–Crippen MR) is 204 cm³/mol. The van der Waals surface area contributed by atoms with E-state index < -0.39 is 53.7 Å². The van der Waals surface area contributed by atoms with Gasteiger partial charge in [-0.25, -0.2) is 45.1 Å². The molecule has 2 fully saturated rings.